The van der Waals surface area contributed by atoms with Crippen LogP contribution in [0.3, 0.4) is 0 Å². The van der Waals surface area contributed by atoms with Crippen LogP contribution >= 0.6 is 34.4 Å². The molecule has 10 heteroatoms. The van der Waals surface area contributed by atoms with Gasteiger partial charge in [0, 0.05) is 67.1 Å². The van der Waals surface area contributed by atoms with Crippen LogP contribution in [0.25, 0.3) is 11.1 Å². The highest BCUT2D eigenvalue weighted by molar-refractivity contribution is 8.08. The van der Waals surface area contributed by atoms with Gasteiger partial charge in [-0.3, -0.25) is 0 Å². The summed E-state index contributed by atoms with van der Waals surface area (Å²) in [5.41, 5.74) is 26.3. The Morgan fingerprint density at radius 3 is 1.67 bits per heavy atom. The van der Waals surface area contributed by atoms with E-state index < -0.39 is 0 Å². The van der Waals surface area contributed by atoms with E-state index in [2.05, 4.69) is 287 Å². The van der Waals surface area contributed by atoms with Crippen LogP contribution in [0.1, 0.15) is 62.3 Å². The Balaban J connectivity index is 0.935. The summed E-state index contributed by atoms with van der Waals surface area (Å²) in [6, 6.07) is 90.3. The molecule has 0 aliphatic carbocycles. The van der Waals surface area contributed by atoms with E-state index in [1.165, 1.54) is 109 Å². The van der Waals surface area contributed by atoms with Crippen LogP contribution in [0.4, 0.5) is 45.5 Å². The smallest absolute Gasteiger partial charge is 0.271 e. The first-order valence-corrected chi connectivity index (χ1v) is 32.0. The largest absolute Gasteiger partial charge is 0.457 e. The van der Waals surface area contributed by atoms with Gasteiger partial charge < -0.3 is 24.2 Å². The van der Waals surface area contributed by atoms with Crippen molar-refractivity contribution < 1.29 is 9.47 Å². The number of aryl methyl sites for hydroxylation is 1. The Morgan fingerprint density at radius 1 is 0.388 bits per heavy atom. The zero-order valence-electron chi connectivity index (χ0n) is 46.1. The second-order valence-electron chi connectivity index (χ2n) is 23.3. The molecular formula is C75H49B2N3O2S3. The summed E-state index contributed by atoms with van der Waals surface area (Å²) < 4.78 is 16.4. The van der Waals surface area contributed by atoms with E-state index in [0.29, 0.717) is 0 Å². The summed E-state index contributed by atoms with van der Waals surface area (Å²) >= 11 is 6.06. The number of hydrogen-bond donors (Lipinski definition) is 0. The third-order valence-electron chi connectivity index (χ3n) is 19.0. The van der Waals surface area contributed by atoms with Crippen molar-refractivity contribution in [3.8, 4) is 34.1 Å². The van der Waals surface area contributed by atoms with E-state index in [0.717, 1.165) is 45.7 Å². The maximum Gasteiger partial charge on any atom is 0.271 e. The molecular weight excluding hydrogens is 1090 g/mol. The van der Waals surface area contributed by atoms with Gasteiger partial charge in [0.25, 0.3) is 6.71 Å². The lowest BCUT2D eigenvalue weighted by atomic mass is 9.38. The Labute approximate surface area is 506 Å². The molecule has 3 atom stereocenters. The predicted octanol–water partition coefficient (Wildman–Crippen LogP) is 17.5. The van der Waals surface area contributed by atoms with Crippen molar-refractivity contribution in [3.63, 3.8) is 0 Å². The quantitative estimate of drug-likeness (QED) is 0.154. The Bertz CT molecular complexity index is 4730. The molecule has 400 valence electrons. The highest BCUT2D eigenvalue weighted by Crippen LogP contribution is 2.63. The number of allylic oxidation sites excluding steroid dienone is 1. The summed E-state index contributed by atoms with van der Waals surface area (Å²) in [6.45, 7) is 2.42. The van der Waals surface area contributed by atoms with E-state index in [9.17, 15) is 0 Å². The molecule has 12 aromatic rings. The second-order valence-corrected chi connectivity index (χ2v) is 26.4. The first-order valence-electron chi connectivity index (χ1n) is 29.4. The lowest BCUT2D eigenvalue weighted by Crippen LogP contribution is -2.54. The molecule has 9 heterocycles. The van der Waals surface area contributed by atoms with Crippen LogP contribution in [-0.4, -0.2) is 18.6 Å². The van der Waals surface area contributed by atoms with Gasteiger partial charge in [-0.05, 0) is 151 Å². The molecule has 19 rings (SSSR count). The van der Waals surface area contributed by atoms with Crippen molar-refractivity contribution >= 4 is 114 Å². The Morgan fingerprint density at radius 2 is 0.941 bits per heavy atom. The fraction of sp³-hybridized carbons (Fsp3) is 0.0667. The molecule has 0 amide bonds. The monoisotopic (exact) mass is 1140 g/mol. The van der Waals surface area contributed by atoms with Crippen molar-refractivity contribution in [1.82, 2.24) is 0 Å². The molecule has 7 aliphatic heterocycles. The van der Waals surface area contributed by atoms with E-state index >= 15 is 0 Å². The van der Waals surface area contributed by atoms with E-state index in [-0.39, 0.29) is 36.3 Å². The molecule has 0 N–H and O–H groups in total. The van der Waals surface area contributed by atoms with Crippen molar-refractivity contribution in [2.75, 3.05) is 14.7 Å². The molecule has 0 spiro atoms. The van der Waals surface area contributed by atoms with Gasteiger partial charge in [0.05, 0.1) is 28.4 Å². The molecule has 2 unspecified atom stereocenters. The van der Waals surface area contributed by atoms with Crippen LogP contribution in [-0.2, 0) is 0 Å². The van der Waals surface area contributed by atoms with Crippen molar-refractivity contribution in [2.24, 2.45) is 0 Å². The number of rotatable bonds is 6. The number of para-hydroxylation sites is 8. The SMILES string of the molecule is Cc1ccccc1-c1ccccc1N1C2=C(SC3B4c5sccc5C(c5ccccc5)c5cc(C6c7ccccc7Oc7ccccc76)cc(c54)[C@@H]23)B2c3sccc3N(c3ccccc3)c3cc(N4c5ccccc5Oc5ccccc54)cc1c32. The maximum atomic E-state index is 6.79. The minimum absolute atomic E-state index is 0.0130. The predicted molar refractivity (Wildman–Crippen MR) is 356 cm³/mol. The van der Waals surface area contributed by atoms with Crippen LogP contribution < -0.4 is 44.7 Å². The molecule has 85 heavy (non-hydrogen) atoms. The fourth-order valence-corrected chi connectivity index (χ4v) is 19.8. The molecule has 0 saturated carbocycles. The minimum Gasteiger partial charge on any atom is -0.457 e. The number of thiophene rings is 2. The van der Waals surface area contributed by atoms with Gasteiger partial charge in [0.2, 0.25) is 6.71 Å². The number of nitrogens with zero attached hydrogens (tertiary/aromatic N) is 3. The molecule has 2 aromatic heterocycles. The molecule has 10 aromatic carbocycles. The number of ether oxygens (including phenoxy) is 2. The normalized spacial score (nSPS) is 17.8. The Hall–Kier alpha value is -9.18. The summed E-state index contributed by atoms with van der Waals surface area (Å²) in [4.78, 5) is 9.24. The highest BCUT2D eigenvalue weighted by atomic mass is 32.2. The standard InChI is InChI=1S/C75H49B2N3O2S3/c1-44-20-8-9-25-49(44)50-26-10-13-29-56(50)80-61-43-48(79-57-30-14-18-34-64(57)82-65-35-19-15-31-58(65)79)42-60-70(61)77(73-59(37-39-84-73)78(60)47-23-6-3-7-24-47)75-71(80)68-55-41-46(67-51-27-11-16-32-62(51)81-63-33-17-12-28-52(63)67)40-54-66(45-21-4-2-5-22-45)53-36-38-83-72(53)76(69(54)55)74(68)85-75/h2-43,66-68,74H,1H3/t66?,68-,74?/m0/s1. The molecule has 0 radical (unpaired) electrons. The lowest BCUT2D eigenvalue weighted by Gasteiger charge is -2.45. The van der Waals surface area contributed by atoms with E-state index in [4.69, 9.17) is 9.47 Å². The topological polar surface area (TPSA) is 28.2 Å². The van der Waals surface area contributed by atoms with Gasteiger partial charge in [-0.15, -0.1) is 11.8 Å². The third-order valence-corrected chi connectivity index (χ3v) is 22.5. The summed E-state index contributed by atoms with van der Waals surface area (Å²) in [7, 11) is 0. The van der Waals surface area contributed by atoms with Crippen molar-refractivity contribution in [2.45, 2.75) is 29.8 Å². The molecule has 7 aliphatic rings. The second kappa shape index (κ2) is 18.4. The minimum atomic E-state index is -0.0478. The number of benzene rings is 10. The van der Waals surface area contributed by atoms with Crippen LogP contribution in [0.15, 0.2) is 264 Å². The average molecular weight is 1140 g/mol. The summed E-state index contributed by atoms with van der Waals surface area (Å²) in [5.74, 6) is 3.54. The van der Waals surface area contributed by atoms with Gasteiger partial charge >= 0.3 is 0 Å². The first kappa shape index (κ1) is 48.2. The lowest BCUT2D eigenvalue weighted by molar-refractivity contribution is 0.453. The molecule has 0 fully saturated rings. The fourth-order valence-electron chi connectivity index (χ4n) is 15.7. The maximum absolute atomic E-state index is 6.79. The summed E-state index contributed by atoms with van der Waals surface area (Å²) in [6.07, 6.45) is 0. The summed E-state index contributed by atoms with van der Waals surface area (Å²) in [5, 5.41) is 4.89. The van der Waals surface area contributed by atoms with Gasteiger partial charge in [0.15, 0.2) is 11.5 Å². The van der Waals surface area contributed by atoms with Gasteiger partial charge in [-0.1, -0.05) is 169 Å². The van der Waals surface area contributed by atoms with Gasteiger partial charge in [-0.2, -0.15) is 22.7 Å². The molecule has 5 nitrogen and oxygen atoms in total. The van der Waals surface area contributed by atoms with Crippen LogP contribution in [0.5, 0.6) is 23.0 Å². The van der Waals surface area contributed by atoms with E-state index in [1.807, 2.05) is 22.7 Å². The zero-order valence-corrected chi connectivity index (χ0v) is 48.5. The van der Waals surface area contributed by atoms with Gasteiger partial charge in [-0.25, -0.2) is 0 Å². The van der Waals surface area contributed by atoms with Gasteiger partial charge in [0.1, 0.15) is 11.5 Å². The number of anilines is 8. The number of hydrogen-bond acceptors (Lipinski definition) is 8. The highest BCUT2D eigenvalue weighted by Gasteiger charge is 2.61. The van der Waals surface area contributed by atoms with Crippen LogP contribution in [0.2, 0.25) is 0 Å². The number of fused-ring (bicyclic) bond motifs is 13. The molecule has 0 saturated heterocycles. The van der Waals surface area contributed by atoms with Crippen molar-refractivity contribution in [3.05, 3.63) is 308 Å². The number of thioether (sulfide) groups is 1. The first-order chi connectivity index (χ1) is 42.1. The molecule has 0 bridgehead atoms. The van der Waals surface area contributed by atoms with E-state index in [1.54, 1.807) is 0 Å². The van der Waals surface area contributed by atoms with Crippen molar-refractivity contribution in [1.29, 1.82) is 0 Å². The third kappa shape index (κ3) is 6.84. The zero-order chi connectivity index (χ0) is 55.6. The Kier molecular flexibility index (Phi) is 10.4. The average Bonchev–Trinajstić information content (AvgIpc) is 1.60. The van der Waals surface area contributed by atoms with Crippen LogP contribution in [0, 0.1) is 6.92 Å².